The van der Waals surface area contributed by atoms with E-state index in [0.717, 1.165) is 18.7 Å². The van der Waals surface area contributed by atoms with Gasteiger partial charge in [-0.15, -0.1) is 0 Å². The molecule has 0 heterocycles. The van der Waals surface area contributed by atoms with E-state index in [1.807, 2.05) is 6.07 Å². The minimum Gasteiger partial charge on any atom is -0.491 e. The van der Waals surface area contributed by atoms with Crippen molar-refractivity contribution in [3.05, 3.63) is 29.3 Å². The summed E-state index contributed by atoms with van der Waals surface area (Å²) in [7, 11) is 0. The average Bonchev–Trinajstić information content (AvgIpc) is 2.42. The Kier molecular flexibility index (Phi) is 5.02. The maximum absolute atomic E-state index is 8.77. The highest BCUT2D eigenvalue weighted by atomic mass is 16.5. The molecule has 1 aliphatic rings. The minimum atomic E-state index is 0.0672. The lowest BCUT2D eigenvalue weighted by Gasteiger charge is -2.27. The standard InChI is InChI=1S/C15H23NO2/c1-2-8-16-15-5-3-4-12-11-13(18-10-9-17)6-7-14(12)15/h6-7,11,15-17H,2-5,8-10H2,1H3. The molecule has 0 amide bonds. The second-order valence-electron chi connectivity index (χ2n) is 4.83. The van der Waals surface area contributed by atoms with Gasteiger partial charge >= 0.3 is 0 Å². The van der Waals surface area contributed by atoms with Crippen molar-refractivity contribution in [2.75, 3.05) is 19.8 Å². The lowest BCUT2D eigenvalue weighted by molar-refractivity contribution is 0.201. The highest BCUT2D eigenvalue weighted by Crippen LogP contribution is 2.32. The summed E-state index contributed by atoms with van der Waals surface area (Å²) >= 11 is 0. The average molecular weight is 249 g/mol. The van der Waals surface area contributed by atoms with Gasteiger partial charge in [-0.3, -0.25) is 0 Å². The molecule has 3 heteroatoms. The smallest absolute Gasteiger partial charge is 0.119 e. The van der Waals surface area contributed by atoms with Crippen molar-refractivity contribution in [2.45, 2.75) is 38.6 Å². The van der Waals surface area contributed by atoms with Crippen LogP contribution in [0.3, 0.4) is 0 Å². The van der Waals surface area contributed by atoms with E-state index < -0.39 is 0 Å². The topological polar surface area (TPSA) is 41.5 Å². The molecule has 1 aromatic rings. The molecule has 0 saturated carbocycles. The zero-order valence-electron chi connectivity index (χ0n) is 11.1. The first-order valence-corrected chi connectivity index (χ1v) is 6.95. The third kappa shape index (κ3) is 3.24. The maximum Gasteiger partial charge on any atom is 0.119 e. The maximum atomic E-state index is 8.77. The van der Waals surface area contributed by atoms with Crippen LogP contribution in [0.15, 0.2) is 18.2 Å². The van der Waals surface area contributed by atoms with E-state index in [1.165, 1.54) is 30.4 Å². The molecular weight excluding hydrogens is 226 g/mol. The number of fused-ring (bicyclic) bond motifs is 1. The number of aliphatic hydroxyl groups excluding tert-OH is 1. The van der Waals surface area contributed by atoms with E-state index in [4.69, 9.17) is 9.84 Å². The summed E-state index contributed by atoms with van der Waals surface area (Å²) in [6.45, 7) is 3.71. The van der Waals surface area contributed by atoms with Crippen molar-refractivity contribution >= 4 is 0 Å². The first-order chi connectivity index (χ1) is 8.85. The van der Waals surface area contributed by atoms with Gasteiger partial charge in [0, 0.05) is 6.04 Å². The molecule has 3 nitrogen and oxygen atoms in total. The lowest BCUT2D eigenvalue weighted by atomic mass is 9.87. The number of hydrogen-bond acceptors (Lipinski definition) is 3. The molecule has 1 aromatic carbocycles. The number of nitrogens with one attached hydrogen (secondary N) is 1. The van der Waals surface area contributed by atoms with Crippen LogP contribution in [0, 0.1) is 0 Å². The Morgan fingerprint density at radius 3 is 3.11 bits per heavy atom. The highest BCUT2D eigenvalue weighted by molar-refractivity contribution is 5.39. The zero-order chi connectivity index (χ0) is 12.8. The van der Waals surface area contributed by atoms with Gasteiger partial charge in [-0.2, -0.15) is 0 Å². The molecule has 1 unspecified atom stereocenters. The molecule has 2 N–H and O–H groups in total. The van der Waals surface area contributed by atoms with Crippen LogP contribution >= 0.6 is 0 Å². The Balaban J connectivity index is 2.09. The predicted octanol–water partition coefficient (Wildman–Crippen LogP) is 2.43. The molecule has 0 saturated heterocycles. The molecule has 100 valence electrons. The normalized spacial score (nSPS) is 18.4. The largest absolute Gasteiger partial charge is 0.491 e. The van der Waals surface area contributed by atoms with Gasteiger partial charge < -0.3 is 15.2 Å². The van der Waals surface area contributed by atoms with Gasteiger partial charge in [-0.1, -0.05) is 13.0 Å². The summed E-state index contributed by atoms with van der Waals surface area (Å²) < 4.78 is 5.47. The lowest BCUT2D eigenvalue weighted by Crippen LogP contribution is -2.25. The fraction of sp³-hybridized carbons (Fsp3) is 0.600. The molecule has 0 fully saturated rings. The van der Waals surface area contributed by atoms with Crippen molar-refractivity contribution in [1.29, 1.82) is 0 Å². The quantitative estimate of drug-likeness (QED) is 0.813. The van der Waals surface area contributed by atoms with Crippen LogP contribution in [0.2, 0.25) is 0 Å². The molecule has 0 aliphatic heterocycles. The molecule has 1 atom stereocenters. The van der Waals surface area contributed by atoms with Gasteiger partial charge in [0.15, 0.2) is 0 Å². The number of aliphatic hydroxyl groups is 1. The zero-order valence-corrected chi connectivity index (χ0v) is 11.1. The van der Waals surface area contributed by atoms with Gasteiger partial charge in [0.25, 0.3) is 0 Å². The van der Waals surface area contributed by atoms with E-state index in [1.54, 1.807) is 0 Å². The van der Waals surface area contributed by atoms with Crippen LogP contribution < -0.4 is 10.1 Å². The Morgan fingerprint density at radius 2 is 2.33 bits per heavy atom. The van der Waals surface area contributed by atoms with Crippen molar-refractivity contribution in [1.82, 2.24) is 5.32 Å². The highest BCUT2D eigenvalue weighted by Gasteiger charge is 2.19. The second kappa shape index (κ2) is 6.76. The Morgan fingerprint density at radius 1 is 1.44 bits per heavy atom. The molecule has 1 aliphatic carbocycles. The van der Waals surface area contributed by atoms with Crippen molar-refractivity contribution < 1.29 is 9.84 Å². The first-order valence-electron chi connectivity index (χ1n) is 6.95. The van der Waals surface area contributed by atoms with E-state index >= 15 is 0 Å². The minimum absolute atomic E-state index is 0.0672. The van der Waals surface area contributed by atoms with E-state index in [-0.39, 0.29) is 6.61 Å². The third-order valence-corrected chi connectivity index (χ3v) is 3.43. The van der Waals surface area contributed by atoms with Crippen LogP contribution in [-0.2, 0) is 6.42 Å². The molecule has 0 aromatic heterocycles. The number of ether oxygens (including phenoxy) is 1. The summed E-state index contributed by atoms with van der Waals surface area (Å²) in [5.74, 6) is 0.874. The summed E-state index contributed by atoms with van der Waals surface area (Å²) in [4.78, 5) is 0. The summed E-state index contributed by atoms with van der Waals surface area (Å²) in [5, 5.41) is 12.4. The molecule has 0 spiro atoms. The fourth-order valence-corrected chi connectivity index (χ4v) is 2.57. The van der Waals surface area contributed by atoms with E-state index in [0.29, 0.717) is 12.6 Å². The third-order valence-electron chi connectivity index (χ3n) is 3.43. The van der Waals surface area contributed by atoms with Gasteiger partial charge in [0.05, 0.1) is 6.61 Å². The van der Waals surface area contributed by atoms with Crippen LogP contribution in [0.4, 0.5) is 0 Å². The van der Waals surface area contributed by atoms with Crippen LogP contribution in [0.1, 0.15) is 43.4 Å². The molecular formula is C15H23NO2. The predicted molar refractivity (Wildman–Crippen MR) is 73.0 cm³/mol. The number of hydrogen-bond donors (Lipinski definition) is 2. The number of rotatable bonds is 6. The monoisotopic (exact) mass is 249 g/mol. The summed E-state index contributed by atoms with van der Waals surface area (Å²) in [5.41, 5.74) is 2.82. The molecule has 2 rings (SSSR count). The van der Waals surface area contributed by atoms with Crippen LogP contribution in [0.5, 0.6) is 5.75 Å². The van der Waals surface area contributed by atoms with Gasteiger partial charge in [-0.05, 0) is 55.5 Å². The fourth-order valence-electron chi connectivity index (χ4n) is 2.57. The van der Waals surface area contributed by atoms with Gasteiger partial charge in [-0.25, -0.2) is 0 Å². The van der Waals surface area contributed by atoms with Gasteiger partial charge in [0.1, 0.15) is 12.4 Å². The Labute approximate surface area is 109 Å². The first kappa shape index (κ1) is 13.4. The second-order valence-corrected chi connectivity index (χ2v) is 4.83. The summed E-state index contributed by atoms with van der Waals surface area (Å²) in [6.07, 6.45) is 4.77. The van der Waals surface area contributed by atoms with Crippen molar-refractivity contribution in [3.8, 4) is 5.75 Å². The van der Waals surface area contributed by atoms with Gasteiger partial charge in [0.2, 0.25) is 0 Å². The van der Waals surface area contributed by atoms with Crippen LogP contribution in [-0.4, -0.2) is 24.9 Å². The van der Waals surface area contributed by atoms with Crippen molar-refractivity contribution in [2.24, 2.45) is 0 Å². The molecule has 18 heavy (non-hydrogen) atoms. The number of benzene rings is 1. The Bertz CT molecular complexity index is 379. The summed E-state index contributed by atoms with van der Waals surface area (Å²) in [6, 6.07) is 6.82. The van der Waals surface area contributed by atoms with E-state index in [2.05, 4.69) is 24.4 Å². The SMILES string of the molecule is CCCNC1CCCc2cc(OCCO)ccc21. The molecule has 0 bridgehead atoms. The Hall–Kier alpha value is -1.06. The molecule has 0 radical (unpaired) electrons. The number of aryl methyl sites for hydroxylation is 1. The van der Waals surface area contributed by atoms with Crippen LogP contribution in [0.25, 0.3) is 0 Å². The van der Waals surface area contributed by atoms with E-state index in [9.17, 15) is 0 Å². The van der Waals surface area contributed by atoms with Crippen molar-refractivity contribution in [3.63, 3.8) is 0 Å².